The standard InChI is InChI=1S/C11H13ClFNO4S/c1-2-3-9(11(15)16)14-19(17,18)10-5-4-7(13)6-8(10)12/h4-6,9,14H,2-3H2,1H3,(H,15,16)/t9-/m1/s1. The smallest absolute Gasteiger partial charge is 0.321 e. The molecule has 19 heavy (non-hydrogen) atoms. The maximum atomic E-state index is 12.9. The van der Waals surface area contributed by atoms with Crippen molar-refractivity contribution in [3.63, 3.8) is 0 Å². The Labute approximate surface area is 115 Å². The minimum atomic E-state index is -4.10. The molecule has 0 amide bonds. The van der Waals surface area contributed by atoms with E-state index in [1.54, 1.807) is 6.92 Å². The monoisotopic (exact) mass is 309 g/mol. The second kappa shape index (κ2) is 6.31. The molecule has 0 aliphatic heterocycles. The molecule has 2 N–H and O–H groups in total. The molecule has 106 valence electrons. The Morgan fingerprint density at radius 3 is 2.63 bits per heavy atom. The summed E-state index contributed by atoms with van der Waals surface area (Å²) >= 11 is 5.65. The van der Waals surface area contributed by atoms with Gasteiger partial charge in [0.15, 0.2) is 0 Å². The van der Waals surface area contributed by atoms with E-state index in [-0.39, 0.29) is 16.3 Å². The molecular weight excluding hydrogens is 297 g/mol. The number of aliphatic carboxylic acids is 1. The van der Waals surface area contributed by atoms with Gasteiger partial charge < -0.3 is 5.11 Å². The van der Waals surface area contributed by atoms with Gasteiger partial charge in [-0.1, -0.05) is 24.9 Å². The topological polar surface area (TPSA) is 83.5 Å². The van der Waals surface area contributed by atoms with Crippen LogP contribution in [0.15, 0.2) is 23.1 Å². The summed E-state index contributed by atoms with van der Waals surface area (Å²) in [5.41, 5.74) is 0. The summed E-state index contributed by atoms with van der Waals surface area (Å²) in [6.07, 6.45) is 0.643. The van der Waals surface area contributed by atoms with E-state index in [1.165, 1.54) is 0 Å². The first-order valence-corrected chi connectivity index (χ1v) is 7.34. The molecular formula is C11H13ClFNO4S. The Hall–Kier alpha value is -1.18. The van der Waals surface area contributed by atoms with Gasteiger partial charge in [-0.05, 0) is 24.6 Å². The fourth-order valence-electron chi connectivity index (χ4n) is 1.47. The molecule has 1 aromatic carbocycles. The molecule has 0 fully saturated rings. The van der Waals surface area contributed by atoms with Gasteiger partial charge in [-0.25, -0.2) is 12.8 Å². The van der Waals surface area contributed by atoms with Gasteiger partial charge >= 0.3 is 5.97 Å². The van der Waals surface area contributed by atoms with E-state index in [0.717, 1.165) is 18.2 Å². The maximum absolute atomic E-state index is 12.9. The summed E-state index contributed by atoms with van der Waals surface area (Å²) in [6.45, 7) is 1.73. The Balaban J connectivity index is 3.06. The number of hydrogen-bond donors (Lipinski definition) is 2. The van der Waals surface area contributed by atoms with Crippen molar-refractivity contribution in [2.45, 2.75) is 30.7 Å². The maximum Gasteiger partial charge on any atom is 0.321 e. The van der Waals surface area contributed by atoms with Crippen molar-refractivity contribution in [3.8, 4) is 0 Å². The lowest BCUT2D eigenvalue weighted by molar-refractivity contribution is -0.139. The quantitative estimate of drug-likeness (QED) is 0.842. The van der Waals surface area contributed by atoms with Crippen LogP contribution < -0.4 is 4.72 Å². The molecule has 0 aromatic heterocycles. The molecule has 5 nitrogen and oxygen atoms in total. The first-order valence-electron chi connectivity index (χ1n) is 5.48. The number of hydrogen-bond acceptors (Lipinski definition) is 3. The van der Waals surface area contributed by atoms with Crippen molar-refractivity contribution in [2.75, 3.05) is 0 Å². The summed E-state index contributed by atoms with van der Waals surface area (Å²) in [4.78, 5) is 10.6. The van der Waals surface area contributed by atoms with Crippen molar-refractivity contribution in [1.29, 1.82) is 0 Å². The van der Waals surface area contributed by atoms with Crippen molar-refractivity contribution in [3.05, 3.63) is 29.0 Å². The van der Waals surface area contributed by atoms with Crippen LogP contribution in [-0.2, 0) is 14.8 Å². The van der Waals surface area contributed by atoms with E-state index in [4.69, 9.17) is 16.7 Å². The van der Waals surface area contributed by atoms with E-state index < -0.39 is 27.9 Å². The van der Waals surface area contributed by atoms with Gasteiger partial charge in [0.2, 0.25) is 10.0 Å². The fourth-order valence-corrected chi connectivity index (χ4v) is 3.22. The van der Waals surface area contributed by atoms with Crippen LogP contribution in [0.5, 0.6) is 0 Å². The third-order valence-corrected chi connectivity index (χ3v) is 4.31. The molecule has 0 saturated carbocycles. The summed E-state index contributed by atoms with van der Waals surface area (Å²) < 4.78 is 38.8. The molecule has 0 heterocycles. The molecule has 0 aliphatic carbocycles. The van der Waals surface area contributed by atoms with E-state index in [0.29, 0.717) is 6.42 Å². The third-order valence-electron chi connectivity index (χ3n) is 2.36. The molecule has 0 spiro atoms. The number of nitrogens with one attached hydrogen (secondary N) is 1. The second-order valence-electron chi connectivity index (χ2n) is 3.88. The van der Waals surface area contributed by atoms with Crippen molar-refractivity contribution >= 4 is 27.6 Å². The summed E-state index contributed by atoms with van der Waals surface area (Å²) in [7, 11) is -4.10. The second-order valence-corrected chi connectivity index (χ2v) is 5.97. The molecule has 0 bridgehead atoms. The Kier molecular flexibility index (Phi) is 5.28. The normalized spacial score (nSPS) is 13.2. The minimum Gasteiger partial charge on any atom is -0.480 e. The molecule has 1 rings (SSSR count). The third kappa shape index (κ3) is 4.15. The molecule has 0 aliphatic rings. The average molecular weight is 310 g/mol. The van der Waals surface area contributed by atoms with Gasteiger partial charge in [-0.15, -0.1) is 0 Å². The molecule has 0 radical (unpaired) electrons. The average Bonchev–Trinajstić information content (AvgIpc) is 2.27. The van der Waals surface area contributed by atoms with Crippen LogP contribution in [0.2, 0.25) is 5.02 Å². The Morgan fingerprint density at radius 2 is 2.16 bits per heavy atom. The van der Waals surface area contributed by atoms with Gasteiger partial charge in [0.05, 0.1) is 5.02 Å². The zero-order chi connectivity index (χ0) is 14.6. The van der Waals surface area contributed by atoms with Crippen molar-refractivity contribution in [2.24, 2.45) is 0 Å². The van der Waals surface area contributed by atoms with Crippen LogP contribution >= 0.6 is 11.6 Å². The summed E-state index contributed by atoms with van der Waals surface area (Å²) in [6, 6.07) is 1.54. The highest BCUT2D eigenvalue weighted by Gasteiger charge is 2.26. The zero-order valence-electron chi connectivity index (χ0n) is 10.1. The lowest BCUT2D eigenvalue weighted by Crippen LogP contribution is -2.40. The van der Waals surface area contributed by atoms with Gasteiger partial charge in [-0.2, -0.15) is 4.72 Å². The van der Waals surface area contributed by atoms with Crippen LogP contribution in [0.4, 0.5) is 4.39 Å². The molecule has 1 atom stereocenters. The molecule has 0 unspecified atom stereocenters. The lowest BCUT2D eigenvalue weighted by Gasteiger charge is -2.14. The largest absolute Gasteiger partial charge is 0.480 e. The van der Waals surface area contributed by atoms with Gasteiger partial charge in [-0.3, -0.25) is 4.79 Å². The Morgan fingerprint density at radius 1 is 1.53 bits per heavy atom. The van der Waals surface area contributed by atoms with E-state index in [2.05, 4.69) is 0 Å². The predicted molar refractivity (Wildman–Crippen MR) is 68.1 cm³/mol. The minimum absolute atomic E-state index is 0.146. The van der Waals surface area contributed by atoms with Crippen LogP contribution in [-0.4, -0.2) is 25.5 Å². The first-order chi connectivity index (χ1) is 8.77. The fraction of sp³-hybridized carbons (Fsp3) is 0.364. The molecule has 1 aromatic rings. The number of carbonyl (C=O) groups is 1. The number of benzene rings is 1. The highest BCUT2D eigenvalue weighted by molar-refractivity contribution is 7.89. The van der Waals surface area contributed by atoms with Crippen LogP contribution in [0.25, 0.3) is 0 Å². The molecule has 8 heteroatoms. The highest BCUT2D eigenvalue weighted by atomic mass is 35.5. The van der Waals surface area contributed by atoms with E-state index >= 15 is 0 Å². The van der Waals surface area contributed by atoms with Crippen LogP contribution in [0.3, 0.4) is 0 Å². The predicted octanol–water partition coefficient (Wildman–Crippen LogP) is 2.01. The number of carboxylic acid groups (broad SMARTS) is 1. The Bertz CT molecular complexity index is 576. The van der Waals surface area contributed by atoms with Crippen molar-refractivity contribution < 1.29 is 22.7 Å². The van der Waals surface area contributed by atoms with Gasteiger partial charge in [0.25, 0.3) is 0 Å². The summed E-state index contributed by atoms with van der Waals surface area (Å²) in [5, 5.41) is 8.61. The zero-order valence-corrected chi connectivity index (χ0v) is 11.6. The van der Waals surface area contributed by atoms with Gasteiger partial charge in [0.1, 0.15) is 16.8 Å². The molecule has 0 saturated heterocycles. The summed E-state index contributed by atoms with van der Waals surface area (Å²) in [5.74, 6) is -1.95. The van der Waals surface area contributed by atoms with Crippen LogP contribution in [0, 0.1) is 5.82 Å². The van der Waals surface area contributed by atoms with Gasteiger partial charge in [0, 0.05) is 0 Å². The number of rotatable bonds is 6. The van der Waals surface area contributed by atoms with Crippen LogP contribution in [0.1, 0.15) is 19.8 Å². The van der Waals surface area contributed by atoms with Crippen molar-refractivity contribution in [1.82, 2.24) is 4.72 Å². The SMILES string of the molecule is CCC[C@@H](NS(=O)(=O)c1ccc(F)cc1Cl)C(=O)O. The van der Waals surface area contributed by atoms with E-state index in [9.17, 15) is 17.6 Å². The number of halogens is 2. The number of carboxylic acids is 1. The lowest BCUT2D eigenvalue weighted by atomic mass is 10.2. The first kappa shape index (κ1) is 15.9. The number of sulfonamides is 1. The van der Waals surface area contributed by atoms with E-state index in [1.807, 2.05) is 4.72 Å². The highest BCUT2D eigenvalue weighted by Crippen LogP contribution is 2.22.